The number of anilines is 1. The van der Waals surface area contributed by atoms with E-state index in [9.17, 15) is 8.42 Å². The van der Waals surface area contributed by atoms with Crippen LogP contribution in [0.15, 0.2) is 12.4 Å². The van der Waals surface area contributed by atoms with Crippen molar-refractivity contribution in [2.45, 2.75) is 13.8 Å². The van der Waals surface area contributed by atoms with Crippen LogP contribution < -0.4 is 10.0 Å². The zero-order valence-corrected chi connectivity index (χ0v) is 11.4. The summed E-state index contributed by atoms with van der Waals surface area (Å²) in [5.74, 6) is 0.999. The molecule has 0 unspecified atom stereocenters. The second-order valence-electron chi connectivity index (χ2n) is 5.03. The first kappa shape index (κ1) is 13.2. The van der Waals surface area contributed by atoms with Crippen LogP contribution in [0.2, 0.25) is 0 Å². The van der Waals surface area contributed by atoms with Gasteiger partial charge in [0.05, 0.1) is 5.75 Å². The third-order valence-corrected chi connectivity index (χ3v) is 4.16. The van der Waals surface area contributed by atoms with E-state index in [1.807, 2.05) is 18.7 Å². The van der Waals surface area contributed by atoms with Crippen LogP contribution in [-0.2, 0) is 10.0 Å². The second kappa shape index (κ2) is 4.81. The first-order valence-corrected chi connectivity index (χ1v) is 7.61. The zero-order chi connectivity index (χ0) is 13.3. The van der Waals surface area contributed by atoms with Crippen LogP contribution in [0, 0.1) is 18.8 Å². The van der Waals surface area contributed by atoms with Gasteiger partial charge in [0.25, 0.3) is 0 Å². The number of sulfonamides is 1. The maximum Gasteiger partial charge on any atom is 0.225 e. The summed E-state index contributed by atoms with van der Waals surface area (Å²) in [7, 11) is -3.42. The van der Waals surface area contributed by atoms with Crippen molar-refractivity contribution >= 4 is 16.0 Å². The summed E-state index contributed by atoms with van der Waals surface area (Å²) in [4.78, 5) is 10.5. The second-order valence-corrected chi connectivity index (χ2v) is 6.69. The first-order valence-electron chi connectivity index (χ1n) is 5.89. The van der Waals surface area contributed by atoms with E-state index in [1.165, 1.54) is 0 Å². The molecule has 1 saturated heterocycles. The molecule has 0 aliphatic carbocycles. The molecular formula is C11H18N4O2S. The molecule has 1 aliphatic heterocycles. The Balaban J connectivity index is 2.08. The van der Waals surface area contributed by atoms with Crippen molar-refractivity contribution in [3.8, 4) is 0 Å². The minimum absolute atomic E-state index is 0.0243. The largest absolute Gasteiger partial charge is 0.340 e. The molecule has 0 radical (unpaired) electrons. The fraction of sp³-hybridized carbons (Fsp3) is 0.636. The quantitative estimate of drug-likeness (QED) is 0.844. The van der Waals surface area contributed by atoms with Gasteiger partial charge in [-0.25, -0.2) is 23.5 Å². The van der Waals surface area contributed by atoms with Gasteiger partial charge in [-0.3, -0.25) is 0 Å². The predicted molar refractivity (Wildman–Crippen MR) is 69.6 cm³/mol. The maximum absolute atomic E-state index is 11.1. The van der Waals surface area contributed by atoms with Gasteiger partial charge in [0, 0.05) is 25.5 Å². The minimum Gasteiger partial charge on any atom is -0.340 e. The monoisotopic (exact) mass is 270 g/mol. The Hall–Kier alpha value is -1.21. The predicted octanol–water partition coefficient (Wildman–Crippen LogP) is 0.146. The van der Waals surface area contributed by atoms with Crippen molar-refractivity contribution in [1.29, 1.82) is 0 Å². The standard InChI is InChI=1S/C11H18N4O2S/c1-8-3-13-11(14-4-8)15-5-9(2)10(6-15)7-18(12,16)17/h3-4,9-10H,5-7H2,1-2H3,(H2,12,16,17)/t9-,10+/m1/s1. The molecule has 2 heterocycles. The van der Waals surface area contributed by atoms with Crippen LogP contribution in [0.25, 0.3) is 0 Å². The normalized spacial score (nSPS) is 24.5. The maximum atomic E-state index is 11.1. The van der Waals surface area contributed by atoms with Gasteiger partial charge in [-0.05, 0) is 24.3 Å². The number of hydrogen-bond donors (Lipinski definition) is 1. The van der Waals surface area contributed by atoms with Crippen molar-refractivity contribution in [2.75, 3.05) is 23.7 Å². The zero-order valence-electron chi connectivity index (χ0n) is 10.6. The average Bonchev–Trinajstić information content (AvgIpc) is 2.59. The van der Waals surface area contributed by atoms with Crippen molar-refractivity contribution in [1.82, 2.24) is 9.97 Å². The van der Waals surface area contributed by atoms with Crippen LogP contribution in [-0.4, -0.2) is 37.2 Å². The molecule has 1 aromatic heterocycles. The Morgan fingerprint density at radius 1 is 1.39 bits per heavy atom. The molecule has 18 heavy (non-hydrogen) atoms. The first-order chi connectivity index (χ1) is 8.35. The van der Waals surface area contributed by atoms with E-state index < -0.39 is 10.0 Å². The van der Waals surface area contributed by atoms with Crippen LogP contribution in [0.3, 0.4) is 0 Å². The van der Waals surface area contributed by atoms with Crippen molar-refractivity contribution in [2.24, 2.45) is 17.0 Å². The smallest absolute Gasteiger partial charge is 0.225 e. The van der Waals surface area contributed by atoms with E-state index >= 15 is 0 Å². The highest BCUT2D eigenvalue weighted by Gasteiger charge is 2.33. The number of primary sulfonamides is 1. The lowest BCUT2D eigenvalue weighted by Gasteiger charge is -2.15. The van der Waals surface area contributed by atoms with E-state index in [-0.39, 0.29) is 17.6 Å². The molecule has 0 saturated carbocycles. The topological polar surface area (TPSA) is 89.2 Å². The van der Waals surface area contributed by atoms with Crippen LogP contribution >= 0.6 is 0 Å². The highest BCUT2D eigenvalue weighted by Crippen LogP contribution is 2.26. The molecule has 2 N–H and O–H groups in total. The fourth-order valence-electron chi connectivity index (χ4n) is 2.26. The molecule has 7 heteroatoms. The summed E-state index contributed by atoms with van der Waals surface area (Å²) in [5, 5.41) is 5.10. The van der Waals surface area contributed by atoms with Crippen LogP contribution in [0.1, 0.15) is 12.5 Å². The lowest BCUT2D eigenvalue weighted by atomic mass is 10.0. The third-order valence-electron chi connectivity index (χ3n) is 3.26. The summed E-state index contributed by atoms with van der Waals surface area (Å²) in [6.07, 6.45) is 3.53. The average molecular weight is 270 g/mol. The molecule has 0 amide bonds. The molecular weight excluding hydrogens is 252 g/mol. The van der Waals surface area contributed by atoms with E-state index in [4.69, 9.17) is 5.14 Å². The van der Waals surface area contributed by atoms with Crippen LogP contribution in [0.5, 0.6) is 0 Å². The molecule has 1 fully saturated rings. The number of rotatable bonds is 3. The fourth-order valence-corrected chi connectivity index (χ4v) is 3.29. The molecule has 0 bridgehead atoms. The van der Waals surface area contributed by atoms with Gasteiger partial charge in [-0.1, -0.05) is 6.92 Å². The van der Waals surface area contributed by atoms with Crippen molar-refractivity contribution in [3.63, 3.8) is 0 Å². The van der Waals surface area contributed by atoms with Gasteiger partial charge in [-0.2, -0.15) is 0 Å². The van der Waals surface area contributed by atoms with Gasteiger partial charge in [0.15, 0.2) is 0 Å². The van der Waals surface area contributed by atoms with Crippen molar-refractivity contribution < 1.29 is 8.42 Å². The van der Waals surface area contributed by atoms with E-state index in [0.29, 0.717) is 12.5 Å². The molecule has 0 spiro atoms. The molecule has 1 aromatic rings. The summed E-state index contributed by atoms with van der Waals surface area (Å²) in [6.45, 7) is 5.37. The Morgan fingerprint density at radius 2 is 2.00 bits per heavy atom. The van der Waals surface area contributed by atoms with E-state index in [0.717, 1.165) is 12.1 Å². The highest BCUT2D eigenvalue weighted by molar-refractivity contribution is 7.89. The number of aromatic nitrogens is 2. The highest BCUT2D eigenvalue weighted by atomic mass is 32.2. The summed E-state index contributed by atoms with van der Waals surface area (Å²) < 4.78 is 22.3. The number of aryl methyl sites for hydroxylation is 1. The lowest BCUT2D eigenvalue weighted by molar-refractivity contribution is 0.486. The number of hydrogen-bond acceptors (Lipinski definition) is 5. The van der Waals surface area contributed by atoms with Gasteiger partial charge in [-0.15, -0.1) is 0 Å². The minimum atomic E-state index is -3.42. The lowest BCUT2D eigenvalue weighted by Crippen LogP contribution is -2.28. The Kier molecular flexibility index (Phi) is 3.54. The molecule has 6 nitrogen and oxygen atoms in total. The summed E-state index contributed by atoms with van der Waals surface area (Å²) in [6, 6.07) is 0. The van der Waals surface area contributed by atoms with Gasteiger partial charge < -0.3 is 4.90 Å². The Bertz CT molecular complexity index is 514. The van der Waals surface area contributed by atoms with Gasteiger partial charge in [0.2, 0.25) is 16.0 Å². The number of nitrogens with two attached hydrogens (primary N) is 1. The van der Waals surface area contributed by atoms with E-state index in [1.54, 1.807) is 12.4 Å². The molecule has 1 aliphatic rings. The Labute approximate surface area is 107 Å². The van der Waals surface area contributed by atoms with Crippen molar-refractivity contribution in [3.05, 3.63) is 18.0 Å². The third kappa shape index (κ3) is 3.17. The van der Waals surface area contributed by atoms with Crippen LogP contribution in [0.4, 0.5) is 5.95 Å². The van der Waals surface area contributed by atoms with Gasteiger partial charge in [0.1, 0.15) is 0 Å². The van der Waals surface area contributed by atoms with E-state index in [2.05, 4.69) is 9.97 Å². The Morgan fingerprint density at radius 3 is 2.56 bits per heavy atom. The molecule has 2 rings (SSSR count). The summed E-state index contributed by atoms with van der Waals surface area (Å²) >= 11 is 0. The van der Waals surface area contributed by atoms with Gasteiger partial charge >= 0.3 is 0 Å². The molecule has 100 valence electrons. The molecule has 0 aromatic carbocycles. The number of nitrogens with zero attached hydrogens (tertiary/aromatic N) is 3. The SMILES string of the molecule is Cc1cnc(N2C[C@@H](CS(N)(=O)=O)[C@H](C)C2)nc1. The summed E-state index contributed by atoms with van der Waals surface area (Å²) in [5.41, 5.74) is 1.01. The molecule has 2 atom stereocenters.